The Bertz CT molecular complexity index is 439. The molecule has 1 aromatic carbocycles. The second-order valence-electron chi connectivity index (χ2n) is 4.31. The van der Waals surface area contributed by atoms with Gasteiger partial charge in [-0.25, -0.2) is 4.39 Å². The predicted octanol–water partition coefficient (Wildman–Crippen LogP) is 2.49. The number of hydrogen-bond acceptors (Lipinski definition) is 2. The Morgan fingerprint density at radius 3 is 2.94 bits per heavy atom. The fourth-order valence-corrected chi connectivity index (χ4v) is 2.32. The van der Waals surface area contributed by atoms with Gasteiger partial charge in [-0.1, -0.05) is 6.07 Å². The highest BCUT2D eigenvalue weighted by atomic mass is 79.9. The average molecular weight is 302 g/mol. The molecule has 0 unspecified atom stereocenters. The van der Waals surface area contributed by atoms with Crippen molar-refractivity contribution < 1.29 is 14.3 Å². The molecule has 1 N–H and O–H groups in total. The third-order valence-corrected chi connectivity index (χ3v) is 3.65. The van der Waals surface area contributed by atoms with Crippen molar-refractivity contribution in [2.45, 2.75) is 13.0 Å². The smallest absolute Gasteiger partial charge is 0.307 e. The molecule has 1 aromatic rings. The summed E-state index contributed by atoms with van der Waals surface area (Å²) in [6, 6.07) is 5.01. The van der Waals surface area contributed by atoms with Crippen LogP contribution in [0.2, 0.25) is 0 Å². The Hall–Kier alpha value is -0.940. The molecule has 1 aliphatic rings. The molecule has 0 aliphatic carbocycles. The predicted molar refractivity (Wildman–Crippen MR) is 65.1 cm³/mol. The number of hydrogen-bond donors (Lipinski definition) is 1. The van der Waals surface area contributed by atoms with Gasteiger partial charge in [0, 0.05) is 13.1 Å². The summed E-state index contributed by atoms with van der Waals surface area (Å²) < 4.78 is 13.7. The van der Waals surface area contributed by atoms with Crippen LogP contribution in [0.25, 0.3) is 0 Å². The van der Waals surface area contributed by atoms with E-state index in [4.69, 9.17) is 5.11 Å². The quantitative estimate of drug-likeness (QED) is 0.932. The maximum Gasteiger partial charge on any atom is 0.307 e. The number of likely N-dealkylation sites (tertiary alicyclic amines) is 1. The molecule has 1 aliphatic heterocycles. The molecule has 1 atom stereocenters. The van der Waals surface area contributed by atoms with Crippen LogP contribution >= 0.6 is 15.9 Å². The maximum absolute atomic E-state index is 13.3. The van der Waals surface area contributed by atoms with Crippen molar-refractivity contribution in [2.24, 2.45) is 5.92 Å². The summed E-state index contributed by atoms with van der Waals surface area (Å²) in [6.45, 7) is 1.91. The highest BCUT2D eigenvalue weighted by molar-refractivity contribution is 9.10. The molecule has 17 heavy (non-hydrogen) atoms. The number of carboxylic acid groups (broad SMARTS) is 1. The molecule has 0 spiro atoms. The number of aliphatic carboxylic acids is 1. The van der Waals surface area contributed by atoms with Crippen LogP contribution < -0.4 is 0 Å². The van der Waals surface area contributed by atoms with Crippen LogP contribution in [0.15, 0.2) is 22.7 Å². The van der Waals surface area contributed by atoms with Crippen molar-refractivity contribution in [3.63, 3.8) is 0 Å². The molecule has 0 bridgehead atoms. The van der Waals surface area contributed by atoms with E-state index < -0.39 is 5.97 Å². The second-order valence-corrected chi connectivity index (χ2v) is 5.16. The van der Waals surface area contributed by atoms with E-state index in [1.54, 1.807) is 6.07 Å². The van der Waals surface area contributed by atoms with Gasteiger partial charge in [0.05, 0.1) is 10.4 Å². The summed E-state index contributed by atoms with van der Waals surface area (Å²) in [5, 5.41) is 8.88. The lowest BCUT2D eigenvalue weighted by Gasteiger charge is -2.15. The van der Waals surface area contributed by atoms with Gasteiger partial charge in [0.2, 0.25) is 0 Å². The van der Waals surface area contributed by atoms with Gasteiger partial charge in [-0.2, -0.15) is 0 Å². The summed E-state index contributed by atoms with van der Waals surface area (Å²) in [5.41, 5.74) is 0.872. The fraction of sp³-hybridized carbons (Fsp3) is 0.417. The first-order chi connectivity index (χ1) is 8.06. The Kier molecular flexibility index (Phi) is 3.79. The molecule has 5 heteroatoms. The summed E-state index contributed by atoms with van der Waals surface area (Å²) in [7, 11) is 0. The molecule has 92 valence electrons. The maximum atomic E-state index is 13.3. The number of carbonyl (C=O) groups is 1. The van der Waals surface area contributed by atoms with Crippen LogP contribution in [-0.4, -0.2) is 29.1 Å². The van der Waals surface area contributed by atoms with E-state index in [9.17, 15) is 9.18 Å². The molecule has 0 saturated carbocycles. The fourth-order valence-electron chi connectivity index (χ4n) is 2.07. The van der Waals surface area contributed by atoms with Gasteiger partial charge in [0.25, 0.3) is 0 Å². The topological polar surface area (TPSA) is 40.5 Å². The lowest BCUT2D eigenvalue weighted by Crippen LogP contribution is -2.22. The first-order valence-electron chi connectivity index (χ1n) is 5.45. The highest BCUT2D eigenvalue weighted by Gasteiger charge is 2.27. The minimum Gasteiger partial charge on any atom is -0.481 e. The number of carboxylic acids is 1. The number of halogens is 2. The van der Waals surface area contributed by atoms with Gasteiger partial charge >= 0.3 is 5.97 Å². The largest absolute Gasteiger partial charge is 0.481 e. The first-order valence-corrected chi connectivity index (χ1v) is 6.24. The molecule has 2 rings (SSSR count). The van der Waals surface area contributed by atoms with Crippen molar-refractivity contribution in [3.8, 4) is 0 Å². The average Bonchev–Trinajstić information content (AvgIpc) is 2.72. The van der Waals surface area contributed by atoms with Gasteiger partial charge in [-0.15, -0.1) is 0 Å². The molecule has 3 nitrogen and oxygen atoms in total. The second kappa shape index (κ2) is 5.14. The van der Waals surface area contributed by atoms with E-state index >= 15 is 0 Å². The molecule has 1 heterocycles. The Morgan fingerprint density at radius 2 is 2.35 bits per heavy atom. The monoisotopic (exact) mass is 301 g/mol. The SMILES string of the molecule is O=C(O)[C@H]1CCN(Cc2ccc(Br)c(F)c2)C1. The van der Waals surface area contributed by atoms with Gasteiger partial charge in [0.1, 0.15) is 5.82 Å². The minimum atomic E-state index is -0.741. The third-order valence-electron chi connectivity index (χ3n) is 3.01. The van der Waals surface area contributed by atoms with Crippen LogP contribution in [0.3, 0.4) is 0 Å². The highest BCUT2D eigenvalue weighted by Crippen LogP contribution is 2.21. The van der Waals surface area contributed by atoms with E-state index in [1.807, 2.05) is 11.0 Å². The zero-order valence-corrected chi connectivity index (χ0v) is 10.8. The van der Waals surface area contributed by atoms with E-state index in [2.05, 4.69) is 15.9 Å². The van der Waals surface area contributed by atoms with Crippen molar-refractivity contribution in [1.29, 1.82) is 0 Å². The Labute approximate surface area is 107 Å². The minimum absolute atomic E-state index is 0.281. The first kappa shape index (κ1) is 12.5. The van der Waals surface area contributed by atoms with Crippen LogP contribution in [0.1, 0.15) is 12.0 Å². The van der Waals surface area contributed by atoms with E-state index in [0.717, 1.165) is 12.1 Å². The molecular weight excluding hydrogens is 289 g/mol. The third kappa shape index (κ3) is 3.04. The van der Waals surface area contributed by atoms with E-state index in [-0.39, 0.29) is 11.7 Å². The van der Waals surface area contributed by atoms with Crippen LogP contribution in [0.4, 0.5) is 4.39 Å². The summed E-state index contributed by atoms with van der Waals surface area (Å²) >= 11 is 3.10. The summed E-state index contributed by atoms with van der Waals surface area (Å²) in [6.07, 6.45) is 0.675. The van der Waals surface area contributed by atoms with E-state index in [1.165, 1.54) is 6.07 Å². The molecule has 0 aromatic heterocycles. The van der Waals surface area contributed by atoms with Crippen molar-refractivity contribution >= 4 is 21.9 Å². The molecule has 1 saturated heterocycles. The van der Waals surface area contributed by atoms with Gasteiger partial charge in [0.15, 0.2) is 0 Å². The normalized spacial score (nSPS) is 20.7. The van der Waals surface area contributed by atoms with Gasteiger partial charge < -0.3 is 5.11 Å². The molecule has 0 radical (unpaired) electrons. The zero-order valence-electron chi connectivity index (χ0n) is 9.20. The molecule has 1 fully saturated rings. The van der Waals surface area contributed by atoms with Crippen molar-refractivity contribution in [2.75, 3.05) is 13.1 Å². The molecular formula is C12H13BrFNO2. The van der Waals surface area contributed by atoms with Gasteiger partial charge in [-0.3, -0.25) is 9.69 Å². The number of rotatable bonds is 3. The van der Waals surface area contributed by atoms with Gasteiger partial charge in [-0.05, 0) is 46.6 Å². The number of benzene rings is 1. The van der Waals surface area contributed by atoms with Crippen LogP contribution in [0.5, 0.6) is 0 Å². The van der Waals surface area contributed by atoms with Crippen LogP contribution in [-0.2, 0) is 11.3 Å². The van der Waals surface area contributed by atoms with Crippen LogP contribution in [0, 0.1) is 11.7 Å². The number of nitrogens with zero attached hydrogens (tertiary/aromatic N) is 1. The molecule has 0 amide bonds. The summed E-state index contributed by atoms with van der Waals surface area (Å²) in [4.78, 5) is 12.8. The van der Waals surface area contributed by atoms with Crippen molar-refractivity contribution in [1.82, 2.24) is 4.90 Å². The lowest BCUT2D eigenvalue weighted by molar-refractivity contribution is -0.141. The Morgan fingerprint density at radius 1 is 1.59 bits per heavy atom. The lowest BCUT2D eigenvalue weighted by atomic mass is 10.1. The summed E-state index contributed by atoms with van der Waals surface area (Å²) in [5.74, 6) is -1.30. The standard InChI is InChI=1S/C12H13BrFNO2/c13-10-2-1-8(5-11(10)14)6-15-4-3-9(7-15)12(16)17/h1-2,5,9H,3-4,6-7H2,(H,16,17)/t9-/m0/s1. The Balaban J connectivity index is 1.98. The van der Waals surface area contributed by atoms with E-state index in [0.29, 0.717) is 24.0 Å². The zero-order chi connectivity index (χ0) is 12.4. The van der Waals surface area contributed by atoms with Crippen molar-refractivity contribution in [3.05, 3.63) is 34.1 Å².